The molecule has 0 spiro atoms. The SMILES string of the molecule is [NH3+]C(Cc1c[nH]c2ccccc12)C(=O)Oc1ccc2c(=O)c(-c3ccc4c(c3)OCCO4)c(C(F)(F)F)oc2c1. The third-order valence-corrected chi connectivity index (χ3v) is 6.65. The number of rotatable bonds is 5. The van der Waals surface area contributed by atoms with Crippen LogP contribution in [0.5, 0.6) is 17.2 Å². The van der Waals surface area contributed by atoms with Gasteiger partial charge in [0, 0.05) is 29.6 Å². The average Bonchev–Trinajstić information content (AvgIpc) is 3.34. The number of para-hydroxylation sites is 1. The summed E-state index contributed by atoms with van der Waals surface area (Å²) in [5.41, 5.74) is 3.73. The second-order valence-corrected chi connectivity index (χ2v) is 9.33. The molecular formula is C29H22F3N2O6+. The maximum Gasteiger partial charge on any atom is 0.450 e. The lowest BCUT2D eigenvalue weighted by atomic mass is 10.0. The molecule has 5 aromatic rings. The molecule has 0 saturated carbocycles. The average molecular weight is 551 g/mol. The van der Waals surface area contributed by atoms with Gasteiger partial charge < -0.3 is 29.3 Å². The van der Waals surface area contributed by atoms with Crippen LogP contribution >= 0.6 is 0 Å². The standard InChI is InChI=1S/C29H21F3N2O6/c30-29(31,32)27-25(15-5-8-22-24(12-15)38-10-9-37-22)26(35)19-7-6-17(13-23(19)40-27)39-28(36)20(33)11-16-14-34-21-4-2-1-3-18(16)21/h1-8,12-14,20,34H,9-11,33H2/p+1. The van der Waals surface area contributed by atoms with E-state index in [1.807, 2.05) is 24.3 Å². The van der Waals surface area contributed by atoms with Gasteiger partial charge in [0.05, 0.1) is 10.9 Å². The van der Waals surface area contributed by atoms with Crippen molar-refractivity contribution in [2.75, 3.05) is 13.2 Å². The van der Waals surface area contributed by atoms with E-state index in [4.69, 9.17) is 18.6 Å². The zero-order valence-electron chi connectivity index (χ0n) is 20.8. The summed E-state index contributed by atoms with van der Waals surface area (Å²) in [6.45, 7) is 0.537. The molecule has 8 nitrogen and oxygen atoms in total. The minimum absolute atomic E-state index is 0.0279. The summed E-state index contributed by atoms with van der Waals surface area (Å²) >= 11 is 0. The summed E-state index contributed by atoms with van der Waals surface area (Å²) < 4.78 is 63.9. The predicted octanol–water partition coefficient (Wildman–Crippen LogP) is 4.49. The molecule has 1 atom stereocenters. The zero-order chi connectivity index (χ0) is 28.0. The molecule has 1 aliphatic rings. The van der Waals surface area contributed by atoms with Crippen LogP contribution in [0.2, 0.25) is 0 Å². The van der Waals surface area contributed by atoms with E-state index in [0.717, 1.165) is 22.5 Å². The van der Waals surface area contributed by atoms with E-state index in [0.29, 0.717) is 12.4 Å². The fourth-order valence-corrected chi connectivity index (χ4v) is 4.75. The number of alkyl halides is 3. The van der Waals surface area contributed by atoms with Gasteiger partial charge in [0.2, 0.25) is 11.2 Å². The van der Waals surface area contributed by atoms with Gasteiger partial charge in [-0.25, -0.2) is 4.79 Å². The lowest BCUT2D eigenvalue weighted by molar-refractivity contribution is -0.406. The fraction of sp³-hybridized carbons (Fsp3) is 0.172. The molecule has 1 aliphatic heterocycles. The summed E-state index contributed by atoms with van der Waals surface area (Å²) in [5, 5.41) is 0.840. The van der Waals surface area contributed by atoms with E-state index in [2.05, 4.69) is 10.7 Å². The minimum atomic E-state index is -4.99. The Hall–Kier alpha value is -4.77. The number of H-pyrrole nitrogens is 1. The molecule has 4 N–H and O–H groups in total. The van der Waals surface area contributed by atoms with Crippen molar-refractivity contribution in [3.8, 4) is 28.4 Å². The molecule has 0 aliphatic carbocycles. The highest BCUT2D eigenvalue weighted by Gasteiger charge is 2.39. The maximum absolute atomic E-state index is 14.1. The number of aromatic nitrogens is 1. The van der Waals surface area contributed by atoms with E-state index in [1.54, 1.807) is 6.20 Å². The van der Waals surface area contributed by atoms with Crippen LogP contribution in [-0.2, 0) is 17.4 Å². The van der Waals surface area contributed by atoms with Gasteiger partial charge in [-0.3, -0.25) is 4.79 Å². The monoisotopic (exact) mass is 551 g/mol. The first-order valence-electron chi connectivity index (χ1n) is 12.4. The molecule has 204 valence electrons. The van der Waals surface area contributed by atoms with Crippen molar-refractivity contribution in [1.29, 1.82) is 0 Å². The Morgan fingerprint density at radius 2 is 1.77 bits per heavy atom. The highest BCUT2D eigenvalue weighted by atomic mass is 19.4. The second kappa shape index (κ2) is 9.76. The van der Waals surface area contributed by atoms with Gasteiger partial charge in [0.15, 0.2) is 17.5 Å². The van der Waals surface area contributed by atoms with Crippen LogP contribution in [0.4, 0.5) is 13.2 Å². The molecule has 3 aromatic carbocycles. The molecular weight excluding hydrogens is 529 g/mol. The molecule has 0 saturated heterocycles. The first-order chi connectivity index (χ1) is 19.2. The Balaban J connectivity index is 1.32. The summed E-state index contributed by atoms with van der Waals surface area (Å²) in [4.78, 5) is 29.2. The number of halogens is 3. The van der Waals surface area contributed by atoms with Gasteiger partial charge in [-0.15, -0.1) is 0 Å². The van der Waals surface area contributed by atoms with Crippen LogP contribution in [0.15, 0.2) is 76.1 Å². The van der Waals surface area contributed by atoms with Crippen LogP contribution in [0.1, 0.15) is 11.3 Å². The predicted molar refractivity (Wildman–Crippen MR) is 138 cm³/mol. The Kier molecular flexibility index (Phi) is 6.22. The summed E-state index contributed by atoms with van der Waals surface area (Å²) in [6, 6.07) is 14.6. The van der Waals surface area contributed by atoms with Gasteiger partial charge in [-0.05, 0) is 41.5 Å². The maximum atomic E-state index is 14.1. The van der Waals surface area contributed by atoms with E-state index >= 15 is 0 Å². The number of ether oxygens (including phenoxy) is 3. The number of hydrogen-bond donors (Lipinski definition) is 2. The normalized spacial score (nSPS) is 13.9. The van der Waals surface area contributed by atoms with E-state index in [-0.39, 0.29) is 41.1 Å². The number of esters is 1. The zero-order valence-corrected chi connectivity index (χ0v) is 20.8. The topological polar surface area (TPSA) is 118 Å². The number of carbonyl (C=O) groups excluding carboxylic acids is 1. The van der Waals surface area contributed by atoms with Crippen LogP contribution < -0.4 is 25.4 Å². The van der Waals surface area contributed by atoms with Gasteiger partial charge in [0.1, 0.15) is 24.5 Å². The van der Waals surface area contributed by atoms with Crippen molar-refractivity contribution in [3.05, 3.63) is 88.4 Å². The third-order valence-electron chi connectivity index (χ3n) is 6.65. The Morgan fingerprint density at radius 3 is 2.58 bits per heavy atom. The molecule has 0 bridgehead atoms. The molecule has 3 heterocycles. The van der Waals surface area contributed by atoms with Gasteiger partial charge in [-0.1, -0.05) is 24.3 Å². The molecule has 6 rings (SSSR count). The number of carbonyl (C=O) groups is 1. The van der Waals surface area contributed by atoms with Crippen molar-refractivity contribution in [1.82, 2.24) is 4.98 Å². The van der Waals surface area contributed by atoms with Gasteiger partial charge in [-0.2, -0.15) is 13.2 Å². The van der Waals surface area contributed by atoms with Gasteiger partial charge >= 0.3 is 12.1 Å². The lowest BCUT2D eigenvalue weighted by Crippen LogP contribution is -2.67. The Labute approximate surface area is 224 Å². The number of aromatic amines is 1. The highest BCUT2D eigenvalue weighted by Crippen LogP contribution is 2.40. The van der Waals surface area contributed by atoms with Crippen LogP contribution in [-0.4, -0.2) is 30.2 Å². The quantitative estimate of drug-likeness (QED) is 0.246. The molecule has 0 amide bonds. The van der Waals surface area contributed by atoms with Crippen molar-refractivity contribution >= 4 is 27.8 Å². The van der Waals surface area contributed by atoms with E-state index in [1.165, 1.54) is 30.3 Å². The molecule has 1 unspecified atom stereocenters. The van der Waals surface area contributed by atoms with Crippen molar-refractivity contribution < 1.29 is 42.3 Å². The number of hydrogen-bond acceptors (Lipinski definition) is 6. The van der Waals surface area contributed by atoms with Crippen molar-refractivity contribution in [3.63, 3.8) is 0 Å². The minimum Gasteiger partial charge on any atom is -0.486 e. The molecule has 0 radical (unpaired) electrons. The fourth-order valence-electron chi connectivity index (χ4n) is 4.75. The first-order valence-corrected chi connectivity index (χ1v) is 12.4. The largest absolute Gasteiger partial charge is 0.486 e. The van der Waals surface area contributed by atoms with E-state index < -0.39 is 34.9 Å². The molecule has 2 aromatic heterocycles. The molecule has 11 heteroatoms. The van der Waals surface area contributed by atoms with Crippen LogP contribution in [0.25, 0.3) is 33.0 Å². The number of benzene rings is 3. The summed E-state index contributed by atoms with van der Waals surface area (Å²) in [7, 11) is 0. The summed E-state index contributed by atoms with van der Waals surface area (Å²) in [5.74, 6) is -1.63. The molecule has 40 heavy (non-hydrogen) atoms. The number of nitrogens with one attached hydrogen (secondary N) is 1. The lowest BCUT2D eigenvalue weighted by Gasteiger charge is -2.19. The van der Waals surface area contributed by atoms with Gasteiger partial charge in [0.25, 0.3) is 0 Å². The first kappa shape index (κ1) is 25.5. The smallest absolute Gasteiger partial charge is 0.450 e. The van der Waals surface area contributed by atoms with Crippen LogP contribution in [0.3, 0.4) is 0 Å². The second-order valence-electron chi connectivity index (χ2n) is 9.33. The Morgan fingerprint density at radius 1 is 1.00 bits per heavy atom. The number of quaternary nitrogens is 1. The highest BCUT2D eigenvalue weighted by molar-refractivity contribution is 5.87. The molecule has 0 fully saturated rings. The number of fused-ring (bicyclic) bond motifs is 3. The van der Waals surface area contributed by atoms with Crippen molar-refractivity contribution in [2.45, 2.75) is 18.6 Å². The van der Waals surface area contributed by atoms with E-state index in [9.17, 15) is 22.8 Å². The summed E-state index contributed by atoms with van der Waals surface area (Å²) in [6.07, 6.45) is -2.91. The van der Waals surface area contributed by atoms with Crippen molar-refractivity contribution in [2.24, 2.45) is 0 Å². The third kappa shape index (κ3) is 4.64. The Bertz CT molecular complexity index is 1820. The van der Waals surface area contributed by atoms with Crippen LogP contribution in [0, 0.1) is 0 Å².